The second-order valence-corrected chi connectivity index (χ2v) is 10.1. The number of para-hydroxylation sites is 1. The van der Waals surface area contributed by atoms with Crippen LogP contribution >= 0.6 is 11.8 Å². The van der Waals surface area contributed by atoms with Crippen LogP contribution in [0.2, 0.25) is 0 Å². The van der Waals surface area contributed by atoms with Crippen LogP contribution in [0.15, 0.2) is 53.4 Å². The molecule has 26 heavy (non-hydrogen) atoms. The van der Waals surface area contributed by atoms with Crippen LogP contribution in [-0.2, 0) is 5.41 Å². The molecular weight excluding hydrogens is 334 g/mol. The molecule has 0 aromatic heterocycles. The molecule has 1 heterocycles. The Hall–Kier alpha value is -1.54. The van der Waals surface area contributed by atoms with E-state index in [1.807, 2.05) is 0 Å². The van der Waals surface area contributed by atoms with Crippen molar-refractivity contribution in [2.24, 2.45) is 17.8 Å². The van der Waals surface area contributed by atoms with Crippen molar-refractivity contribution in [1.29, 1.82) is 0 Å². The van der Waals surface area contributed by atoms with Gasteiger partial charge in [-0.05, 0) is 73.3 Å². The molecule has 4 bridgehead atoms. The highest BCUT2D eigenvalue weighted by atomic mass is 32.2. The minimum Gasteiger partial charge on any atom is -0.188 e. The third kappa shape index (κ3) is 2.34. The molecule has 2 heteroatoms. The molecule has 1 aliphatic heterocycles. The zero-order valence-electron chi connectivity index (χ0n) is 15.2. The second-order valence-electron chi connectivity index (χ2n) is 9.13. The second kappa shape index (κ2) is 5.73. The molecule has 2 aromatic rings. The fourth-order valence-corrected chi connectivity index (χ4v) is 8.00. The van der Waals surface area contributed by atoms with E-state index in [-0.39, 0.29) is 0 Å². The van der Waals surface area contributed by atoms with Gasteiger partial charge in [-0.3, -0.25) is 0 Å². The van der Waals surface area contributed by atoms with Crippen molar-refractivity contribution < 1.29 is 4.58 Å². The maximum Gasteiger partial charge on any atom is 0.205 e. The van der Waals surface area contributed by atoms with E-state index in [1.54, 1.807) is 10.5 Å². The Labute approximate surface area is 160 Å². The van der Waals surface area contributed by atoms with E-state index in [0.29, 0.717) is 5.41 Å². The first-order valence-corrected chi connectivity index (χ1v) is 11.2. The van der Waals surface area contributed by atoms with Gasteiger partial charge >= 0.3 is 0 Å². The lowest BCUT2D eigenvalue weighted by molar-refractivity contribution is -0.411. The molecular formula is C24H26NS+. The Balaban J connectivity index is 1.43. The van der Waals surface area contributed by atoms with Crippen LogP contribution in [-0.4, -0.2) is 16.7 Å². The minimum atomic E-state index is 0.496. The largest absolute Gasteiger partial charge is 0.205 e. The van der Waals surface area contributed by atoms with Crippen molar-refractivity contribution in [3.63, 3.8) is 0 Å². The zero-order valence-corrected chi connectivity index (χ0v) is 16.0. The number of rotatable bonds is 2. The minimum absolute atomic E-state index is 0.496. The van der Waals surface area contributed by atoms with E-state index in [0.717, 1.165) is 23.6 Å². The number of thioether (sulfide) groups is 1. The maximum absolute atomic E-state index is 2.48. The fourth-order valence-electron chi connectivity index (χ4n) is 6.78. The van der Waals surface area contributed by atoms with Crippen LogP contribution in [0.1, 0.15) is 49.7 Å². The Morgan fingerprint density at radius 1 is 0.808 bits per heavy atom. The summed E-state index contributed by atoms with van der Waals surface area (Å²) >= 11 is 2.06. The molecule has 132 valence electrons. The monoisotopic (exact) mass is 360 g/mol. The molecule has 4 aliphatic carbocycles. The van der Waals surface area contributed by atoms with Crippen molar-refractivity contribution in [3.05, 3.63) is 59.7 Å². The highest BCUT2D eigenvalue weighted by Gasteiger charge is 2.52. The van der Waals surface area contributed by atoms with E-state index in [4.69, 9.17) is 0 Å². The summed E-state index contributed by atoms with van der Waals surface area (Å²) in [6.45, 7) is 0. The summed E-state index contributed by atoms with van der Waals surface area (Å²) < 4.78 is 2.40. The Bertz CT molecular complexity index is 847. The van der Waals surface area contributed by atoms with Crippen LogP contribution in [0.4, 0.5) is 5.69 Å². The lowest BCUT2D eigenvalue weighted by atomic mass is 9.48. The summed E-state index contributed by atoms with van der Waals surface area (Å²) in [4.78, 5) is 1.58. The molecule has 5 aliphatic rings. The Morgan fingerprint density at radius 2 is 1.50 bits per heavy atom. The van der Waals surface area contributed by atoms with E-state index < -0.39 is 0 Å². The lowest BCUT2D eigenvalue weighted by Crippen LogP contribution is -2.48. The van der Waals surface area contributed by atoms with Crippen LogP contribution in [0.25, 0.3) is 0 Å². The van der Waals surface area contributed by atoms with E-state index in [2.05, 4.69) is 71.1 Å². The first kappa shape index (κ1) is 15.5. The normalized spacial score (nSPS) is 34.5. The molecule has 0 saturated heterocycles. The van der Waals surface area contributed by atoms with Crippen LogP contribution in [0, 0.1) is 17.8 Å². The van der Waals surface area contributed by atoms with Crippen LogP contribution in [0.5, 0.6) is 0 Å². The third-order valence-electron chi connectivity index (χ3n) is 7.39. The van der Waals surface area contributed by atoms with Crippen molar-refractivity contribution in [2.45, 2.75) is 48.8 Å². The quantitative estimate of drug-likeness (QED) is 0.595. The van der Waals surface area contributed by atoms with Gasteiger partial charge in [0.25, 0.3) is 0 Å². The maximum atomic E-state index is 2.48. The van der Waals surface area contributed by atoms with Gasteiger partial charge in [0.1, 0.15) is 0 Å². The number of hydrogen-bond donors (Lipinski definition) is 0. The summed E-state index contributed by atoms with van der Waals surface area (Å²) in [5.41, 5.74) is 4.92. The molecule has 0 radical (unpaired) electrons. The summed E-state index contributed by atoms with van der Waals surface area (Å²) in [7, 11) is 0. The van der Waals surface area contributed by atoms with Crippen molar-refractivity contribution in [1.82, 2.24) is 0 Å². The molecule has 1 nitrogen and oxygen atoms in total. The number of fused-ring (bicyclic) bond motifs is 1. The van der Waals surface area contributed by atoms with Crippen molar-refractivity contribution >= 4 is 23.7 Å². The van der Waals surface area contributed by atoms with Gasteiger partial charge in [-0.2, -0.15) is 4.58 Å². The van der Waals surface area contributed by atoms with Crippen LogP contribution in [0.3, 0.4) is 0 Å². The highest BCUT2D eigenvalue weighted by Crippen LogP contribution is 2.62. The summed E-state index contributed by atoms with van der Waals surface area (Å²) in [5.74, 6) is 4.06. The molecule has 4 saturated carbocycles. The first-order chi connectivity index (χ1) is 12.8. The first-order valence-electron chi connectivity index (χ1n) is 10.2. The number of nitrogens with zero attached hydrogens (tertiary/aromatic N) is 1. The van der Waals surface area contributed by atoms with Gasteiger partial charge in [-0.1, -0.05) is 42.1 Å². The fraction of sp³-hybridized carbons (Fsp3) is 0.458. The van der Waals surface area contributed by atoms with E-state index in [9.17, 15) is 0 Å². The highest BCUT2D eigenvalue weighted by molar-refractivity contribution is 7.99. The average molecular weight is 361 g/mol. The molecule has 4 fully saturated rings. The summed E-state index contributed by atoms with van der Waals surface area (Å²) in [6.07, 6.45) is 11.3. The van der Waals surface area contributed by atoms with Crippen LogP contribution < -0.4 is 0 Å². The molecule has 2 aromatic carbocycles. The molecule has 7 rings (SSSR count). The molecule has 0 unspecified atom stereocenters. The molecule has 0 N–H and O–H groups in total. The Morgan fingerprint density at radius 3 is 2.19 bits per heavy atom. The van der Waals surface area contributed by atoms with Gasteiger partial charge in [-0.15, -0.1) is 0 Å². The van der Waals surface area contributed by atoms with Gasteiger partial charge in [0.15, 0.2) is 12.1 Å². The van der Waals surface area contributed by atoms with Crippen molar-refractivity contribution in [2.75, 3.05) is 5.88 Å². The lowest BCUT2D eigenvalue weighted by Gasteiger charge is -2.57. The predicted molar refractivity (Wildman–Crippen MR) is 109 cm³/mol. The molecule has 0 spiro atoms. The predicted octanol–water partition coefficient (Wildman–Crippen LogP) is 5.98. The zero-order chi connectivity index (χ0) is 17.1. The molecule has 0 atom stereocenters. The number of hydrogen-bond acceptors (Lipinski definition) is 1. The SMILES string of the molecule is C1=[N+](c2ccccc2)CSc2c1cccc2C12CC3CC(CC(C3)C1)C2. The molecule has 0 amide bonds. The van der Waals surface area contributed by atoms with Gasteiger partial charge < -0.3 is 0 Å². The van der Waals surface area contributed by atoms with E-state index >= 15 is 0 Å². The number of benzene rings is 2. The van der Waals surface area contributed by atoms with Gasteiger partial charge in [0.2, 0.25) is 5.69 Å². The van der Waals surface area contributed by atoms with Gasteiger partial charge in [0, 0.05) is 17.0 Å². The van der Waals surface area contributed by atoms with E-state index in [1.165, 1.54) is 49.8 Å². The van der Waals surface area contributed by atoms with Gasteiger partial charge in [0.05, 0.1) is 5.56 Å². The Kier molecular flexibility index (Phi) is 3.42. The topological polar surface area (TPSA) is 3.01 Å². The van der Waals surface area contributed by atoms with Gasteiger partial charge in [-0.25, -0.2) is 0 Å². The average Bonchev–Trinajstić information content (AvgIpc) is 2.67. The third-order valence-corrected chi connectivity index (χ3v) is 8.54. The summed E-state index contributed by atoms with van der Waals surface area (Å²) in [5, 5.41) is 0. The van der Waals surface area contributed by atoms with Crippen molar-refractivity contribution in [3.8, 4) is 0 Å². The smallest absolute Gasteiger partial charge is 0.188 e. The standard InChI is InChI=1S/C24H26NS/c1-2-6-21(7-3-1)25-15-20-5-4-8-22(23(20)26-16-25)24-12-17-9-18(13-24)11-19(10-17)14-24/h1-8,15,17-19H,9-14,16H2/q+1. The summed E-state index contributed by atoms with van der Waals surface area (Å²) in [6, 6.07) is 17.9.